The second-order valence-electron chi connectivity index (χ2n) is 5.95. The Morgan fingerprint density at radius 3 is 2.45 bits per heavy atom. The Balaban J connectivity index is 1.87. The number of likely N-dealkylation sites (tertiary alicyclic amines) is 1. The van der Waals surface area contributed by atoms with Gasteiger partial charge in [0.05, 0.1) is 0 Å². The zero-order valence-corrected chi connectivity index (χ0v) is 13.2. The molecular formula is C18H28N2. The minimum Gasteiger partial charge on any atom is -0.318 e. The van der Waals surface area contributed by atoms with Gasteiger partial charge in [-0.2, -0.15) is 0 Å². The minimum absolute atomic E-state index is 0.750. The van der Waals surface area contributed by atoms with Crippen molar-refractivity contribution in [2.45, 2.75) is 26.7 Å². The van der Waals surface area contributed by atoms with Crippen LogP contribution in [-0.4, -0.2) is 38.1 Å². The van der Waals surface area contributed by atoms with E-state index < -0.39 is 0 Å². The van der Waals surface area contributed by atoms with Gasteiger partial charge in [0.25, 0.3) is 0 Å². The molecule has 1 aromatic carbocycles. The molecule has 0 aliphatic carbocycles. The van der Waals surface area contributed by atoms with Crippen molar-refractivity contribution in [2.24, 2.45) is 5.92 Å². The Morgan fingerprint density at radius 2 is 1.85 bits per heavy atom. The summed E-state index contributed by atoms with van der Waals surface area (Å²) in [6, 6.07) is 6.54. The average Bonchev–Trinajstić information content (AvgIpc) is 2.46. The fourth-order valence-corrected chi connectivity index (χ4v) is 2.96. The number of hydrogen-bond acceptors (Lipinski definition) is 2. The molecule has 0 unspecified atom stereocenters. The molecule has 1 saturated heterocycles. The van der Waals surface area contributed by atoms with Gasteiger partial charge in [-0.3, -0.25) is 0 Å². The largest absolute Gasteiger partial charge is 0.318 e. The molecule has 1 aliphatic rings. The highest BCUT2D eigenvalue weighted by Gasteiger charge is 2.16. The highest BCUT2D eigenvalue weighted by molar-refractivity contribution is 5.57. The minimum atomic E-state index is 0.750. The third-order valence-corrected chi connectivity index (χ3v) is 4.39. The van der Waals surface area contributed by atoms with E-state index in [4.69, 9.17) is 0 Å². The third kappa shape index (κ3) is 4.19. The first kappa shape index (κ1) is 15.3. The van der Waals surface area contributed by atoms with Gasteiger partial charge in [-0.1, -0.05) is 30.4 Å². The second kappa shape index (κ2) is 7.61. The summed E-state index contributed by atoms with van der Waals surface area (Å²) in [5.74, 6) is 0.750. The number of likely N-dealkylation sites (N-methyl/N-ethyl adjacent to an activating group) is 1. The van der Waals surface area contributed by atoms with E-state index in [1.807, 2.05) is 7.05 Å². The Bertz CT molecular complexity index is 422. The molecule has 2 nitrogen and oxygen atoms in total. The van der Waals surface area contributed by atoms with Gasteiger partial charge in [0.2, 0.25) is 0 Å². The Morgan fingerprint density at radius 1 is 1.20 bits per heavy atom. The number of nitrogens with zero attached hydrogens (tertiary/aromatic N) is 1. The second-order valence-corrected chi connectivity index (χ2v) is 5.95. The van der Waals surface area contributed by atoms with Crippen LogP contribution in [0.1, 0.15) is 29.5 Å². The lowest BCUT2D eigenvalue weighted by atomic mass is 9.94. The predicted molar refractivity (Wildman–Crippen MR) is 88.0 cm³/mol. The SMILES string of the molecule is CNCCN1CCC(/C=C/c2c(C)cccc2C)CC1. The number of rotatable bonds is 5. The van der Waals surface area contributed by atoms with Crippen LogP contribution in [0.25, 0.3) is 6.08 Å². The van der Waals surface area contributed by atoms with Crippen molar-refractivity contribution in [1.29, 1.82) is 0 Å². The maximum Gasteiger partial charge on any atom is 0.0107 e. The molecule has 0 radical (unpaired) electrons. The van der Waals surface area contributed by atoms with E-state index in [0.29, 0.717) is 0 Å². The third-order valence-electron chi connectivity index (χ3n) is 4.39. The number of hydrogen-bond donors (Lipinski definition) is 1. The van der Waals surface area contributed by atoms with Crippen LogP contribution >= 0.6 is 0 Å². The van der Waals surface area contributed by atoms with Crippen LogP contribution in [0.4, 0.5) is 0 Å². The molecule has 0 spiro atoms. The fraction of sp³-hybridized carbons (Fsp3) is 0.556. The van der Waals surface area contributed by atoms with Gasteiger partial charge in [-0.15, -0.1) is 0 Å². The highest BCUT2D eigenvalue weighted by Crippen LogP contribution is 2.21. The molecule has 1 N–H and O–H groups in total. The number of benzene rings is 1. The molecular weight excluding hydrogens is 244 g/mol. The van der Waals surface area contributed by atoms with Crippen LogP contribution in [0.15, 0.2) is 24.3 Å². The summed E-state index contributed by atoms with van der Waals surface area (Å²) in [5, 5.41) is 3.23. The molecule has 1 heterocycles. The highest BCUT2D eigenvalue weighted by atomic mass is 15.1. The first-order chi connectivity index (χ1) is 9.70. The molecule has 1 aliphatic heterocycles. The molecule has 0 bridgehead atoms. The van der Waals surface area contributed by atoms with Crippen molar-refractivity contribution in [3.63, 3.8) is 0 Å². The maximum atomic E-state index is 3.23. The van der Waals surface area contributed by atoms with Gasteiger partial charge in [0.1, 0.15) is 0 Å². The van der Waals surface area contributed by atoms with Crippen molar-refractivity contribution >= 4 is 6.08 Å². The standard InChI is InChI=1S/C18H28N2/c1-15-5-4-6-16(2)18(15)8-7-17-9-12-20(13-10-17)14-11-19-3/h4-8,17,19H,9-14H2,1-3H3/b8-7+. The van der Waals surface area contributed by atoms with Crippen LogP contribution in [0.3, 0.4) is 0 Å². The van der Waals surface area contributed by atoms with E-state index in [0.717, 1.165) is 12.5 Å². The monoisotopic (exact) mass is 272 g/mol. The number of piperidine rings is 1. The summed E-state index contributed by atoms with van der Waals surface area (Å²) >= 11 is 0. The van der Waals surface area contributed by atoms with E-state index in [-0.39, 0.29) is 0 Å². The molecule has 110 valence electrons. The molecule has 0 atom stereocenters. The molecule has 2 heteroatoms. The quantitative estimate of drug-likeness (QED) is 0.885. The summed E-state index contributed by atoms with van der Waals surface area (Å²) in [6.07, 6.45) is 7.37. The lowest BCUT2D eigenvalue weighted by Gasteiger charge is -2.30. The van der Waals surface area contributed by atoms with Crippen molar-refractivity contribution in [3.05, 3.63) is 41.0 Å². The first-order valence-corrected chi connectivity index (χ1v) is 7.82. The summed E-state index contributed by atoms with van der Waals surface area (Å²) in [7, 11) is 2.03. The summed E-state index contributed by atoms with van der Waals surface area (Å²) < 4.78 is 0. The van der Waals surface area contributed by atoms with E-state index in [2.05, 4.69) is 54.4 Å². The first-order valence-electron chi connectivity index (χ1n) is 7.82. The molecule has 1 fully saturated rings. The van der Waals surface area contributed by atoms with Gasteiger partial charge < -0.3 is 10.2 Å². The maximum absolute atomic E-state index is 3.23. The Labute approximate surface area is 123 Å². The number of nitrogens with one attached hydrogen (secondary N) is 1. The smallest absolute Gasteiger partial charge is 0.0107 e. The van der Waals surface area contributed by atoms with Gasteiger partial charge >= 0.3 is 0 Å². The van der Waals surface area contributed by atoms with E-state index >= 15 is 0 Å². The molecule has 1 aromatic rings. The Kier molecular flexibility index (Phi) is 5.81. The topological polar surface area (TPSA) is 15.3 Å². The van der Waals surface area contributed by atoms with Crippen LogP contribution < -0.4 is 5.32 Å². The van der Waals surface area contributed by atoms with Gasteiger partial charge in [0.15, 0.2) is 0 Å². The van der Waals surface area contributed by atoms with Crippen molar-refractivity contribution in [2.75, 3.05) is 33.2 Å². The van der Waals surface area contributed by atoms with Crippen LogP contribution in [0.5, 0.6) is 0 Å². The van der Waals surface area contributed by atoms with E-state index in [1.54, 1.807) is 0 Å². The van der Waals surface area contributed by atoms with E-state index in [9.17, 15) is 0 Å². The Hall–Kier alpha value is -1.12. The lowest BCUT2D eigenvalue weighted by Crippen LogP contribution is -2.37. The zero-order chi connectivity index (χ0) is 14.4. The lowest BCUT2D eigenvalue weighted by molar-refractivity contribution is 0.205. The van der Waals surface area contributed by atoms with Crippen LogP contribution in [0.2, 0.25) is 0 Å². The molecule has 2 rings (SSSR count). The van der Waals surface area contributed by atoms with Gasteiger partial charge in [-0.05, 0) is 69.4 Å². The van der Waals surface area contributed by atoms with Crippen LogP contribution in [0, 0.1) is 19.8 Å². The van der Waals surface area contributed by atoms with Crippen molar-refractivity contribution < 1.29 is 0 Å². The molecule has 0 amide bonds. The molecule has 20 heavy (non-hydrogen) atoms. The summed E-state index contributed by atoms with van der Waals surface area (Å²) in [5.41, 5.74) is 4.17. The molecule has 0 aromatic heterocycles. The fourth-order valence-electron chi connectivity index (χ4n) is 2.96. The number of allylic oxidation sites excluding steroid dienone is 1. The predicted octanol–water partition coefficient (Wildman–Crippen LogP) is 3.25. The summed E-state index contributed by atoms with van der Waals surface area (Å²) in [6.45, 7) is 9.17. The van der Waals surface area contributed by atoms with E-state index in [1.165, 1.54) is 49.2 Å². The van der Waals surface area contributed by atoms with Gasteiger partial charge in [-0.25, -0.2) is 0 Å². The van der Waals surface area contributed by atoms with Gasteiger partial charge in [0, 0.05) is 13.1 Å². The normalized spacial score (nSPS) is 17.9. The van der Waals surface area contributed by atoms with Crippen LogP contribution in [-0.2, 0) is 0 Å². The van der Waals surface area contributed by atoms with Crippen molar-refractivity contribution in [1.82, 2.24) is 10.2 Å². The molecule has 0 saturated carbocycles. The zero-order valence-electron chi connectivity index (χ0n) is 13.2. The number of aryl methyl sites for hydroxylation is 2. The summed E-state index contributed by atoms with van der Waals surface area (Å²) in [4.78, 5) is 2.57. The van der Waals surface area contributed by atoms with Crippen molar-refractivity contribution in [3.8, 4) is 0 Å². The average molecular weight is 272 g/mol.